The van der Waals surface area contributed by atoms with Crippen molar-refractivity contribution >= 4 is 22.8 Å². The predicted molar refractivity (Wildman–Crippen MR) is 168 cm³/mol. The van der Waals surface area contributed by atoms with E-state index in [1.54, 1.807) is 12.1 Å². The van der Waals surface area contributed by atoms with Crippen LogP contribution in [0.1, 0.15) is 54.9 Å². The van der Waals surface area contributed by atoms with Gasteiger partial charge in [-0.15, -0.1) is 0 Å². The van der Waals surface area contributed by atoms with E-state index < -0.39 is 0 Å². The zero-order valence-corrected chi connectivity index (χ0v) is 25.8. The summed E-state index contributed by atoms with van der Waals surface area (Å²) in [6.07, 6.45) is 3.34. The van der Waals surface area contributed by atoms with Crippen LogP contribution in [0, 0.1) is 0 Å². The van der Waals surface area contributed by atoms with E-state index in [4.69, 9.17) is 19.2 Å². The molecule has 1 N–H and O–H groups in total. The van der Waals surface area contributed by atoms with Gasteiger partial charge in [-0.2, -0.15) is 0 Å². The van der Waals surface area contributed by atoms with Gasteiger partial charge in [0.2, 0.25) is 11.7 Å². The second kappa shape index (κ2) is 15.1. The molecule has 43 heavy (non-hydrogen) atoms. The number of carbonyl (C=O) groups excluding carboxylic acids is 2. The number of rotatable bonds is 15. The van der Waals surface area contributed by atoms with Crippen molar-refractivity contribution in [3.63, 3.8) is 0 Å². The molecule has 1 heterocycles. The first kappa shape index (κ1) is 31.4. The van der Waals surface area contributed by atoms with Crippen molar-refractivity contribution in [3.8, 4) is 17.2 Å². The van der Waals surface area contributed by atoms with E-state index in [2.05, 4.69) is 9.88 Å². The van der Waals surface area contributed by atoms with Gasteiger partial charge in [0, 0.05) is 31.1 Å². The summed E-state index contributed by atoms with van der Waals surface area (Å²) in [7, 11) is 4.57. The zero-order chi connectivity index (χ0) is 30.8. The first-order valence-electron chi connectivity index (χ1n) is 14.7. The van der Waals surface area contributed by atoms with E-state index in [9.17, 15) is 9.59 Å². The molecule has 0 radical (unpaired) electrons. The van der Waals surface area contributed by atoms with E-state index in [0.717, 1.165) is 48.1 Å². The number of benzene rings is 3. The highest BCUT2D eigenvalue weighted by Gasteiger charge is 2.21. The maximum atomic E-state index is 13.6. The number of para-hydroxylation sites is 2. The molecule has 0 atom stereocenters. The summed E-state index contributed by atoms with van der Waals surface area (Å²) in [5, 5.41) is 2.98. The van der Waals surface area contributed by atoms with Crippen LogP contribution in [0.25, 0.3) is 11.0 Å². The Morgan fingerprint density at radius 1 is 0.884 bits per heavy atom. The van der Waals surface area contributed by atoms with Gasteiger partial charge in [-0.25, -0.2) is 4.98 Å². The lowest BCUT2D eigenvalue weighted by molar-refractivity contribution is -0.134. The number of carbonyl (C=O) groups is 2. The Balaban J connectivity index is 1.35. The Morgan fingerprint density at radius 3 is 2.21 bits per heavy atom. The van der Waals surface area contributed by atoms with Gasteiger partial charge in [-0.3, -0.25) is 9.59 Å². The Kier molecular flexibility index (Phi) is 11.0. The van der Waals surface area contributed by atoms with Crippen molar-refractivity contribution in [1.29, 1.82) is 0 Å². The second-order valence-electron chi connectivity index (χ2n) is 10.7. The first-order chi connectivity index (χ1) is 20.9. The number of aryl methyl sites for hydroxylation is 1. The quantitative estimate of drug-likeness (QED) is 0.181. The van der Waals surface area contributed by atoms with Crippen LogP contribution in [-0.2, 0) is 24.3 Å². The SMILES string of the molecule is COc1cc(C(=O)NCCCCCc2nc3ccccc3n2CC(=O)N(Cc2ccccc2)C(C)C)cc(OC)c1OC. The molecule has 9 heteroatoms. The minimum atomic E-state index is -0.204. The molecule has 4 rings (SSSR count). The van der Waals surface area contributed by atoms with Gasteiger partial charge < -0.3 is 29.0 Å². The third-order valence-electron chi connectivity index (χ3n) is 7.46. The minimum absolute atomic E-state index is 0.0674. The fraction of sp³-hybridized carbons (Fsp3) is 0.382. The van der Waals surface area contributed by atoms with E-state index in [1.807, 2.05) is 73.3 Å². The Bertz CT molecular complexity index is 1490. The standard InChI is InChI=1S/C34H42N4O5/c1-24(2)37(22-25-14-8-6-9-15-25)32(39)23-38-28-17-12-11-16-27(28)36-31(38)18-10-7-13-19-35-34(40)26-20-29(41-3)33(43-5)30(21-26)42-4/h6,8-9,11-12,14-17,20-21,24H,7,10,13,18-19,22-23H2,1-5H3,(H,35,40). The molecule has 0 aliphatic rings. The highest BCUT2D eigenvalue weighted by molar-refractivity contribution is 5.95. The van der Waals surface area contributed by atoms with Crippen molar-refractivity contribution in [2.24, 2.45) is 0 Å². The molecule has 9 nitrogen and oxygen atoms in total. The van der Waals surface area contributed by atoms with Gasteiger partial charge in [0.25, 0.3) is 5.91 Å². The third kappa shape index (κ3) is 7.85. The number of amides is 2. The number of hydrogen-bond donors (Lipinski definition) is 1. The lowest BCUT2D eigenvalue weighted by atomic mass is 10.1. The number of methoxy groups -OCH3 is 3. The van der Waals surface area contributed by atoms with E-state index in [1.165, 1.54) is 21.3 Å². The lowest BCUT2D eigenvalue weighted by Gasteiger charge is -2.27. The zero-order valence-electron chi connectivity index (χ0n) is 25.8. The normalized spacial score (nSPS) is 11.0. The Morgan fingerprint density at radius 2 is 1.56 bits per heavy atom. The summed E-state index contributed by atoms with van der Waals surface area (Å²) in [5.74, 6) is 2.08. The summed E-state index contributed by atoms with van der Waals surface area (Å²) < 4.78 is 18.1. The van der Waals surface area contributed by atoms with Crippen LogP contribution in [0.4, 0.5) is 0 Å². The lowest BCUT2D eigenvalue weighted by Crippen LogP contribution is -2.38. The van der Waals surface area contributed by atoms with Crippen molar-refractivity contribution in [1.82, 2.24) is 19.8 Å². The summed E-state index contributed by atoms with van der Waals surface area (Å²) in [6, 6.07) is 21.4. The Hall–Kier alpha value is -4.53. The molecule has 0 fully saturated rings. The molecule has 0 saturated carbocycles. The molecule has 228 valence electrons. The number of nitrogens with one attached hydrogen (secondary N) is 1. The minimum Gasteiger partial charge on any atom is -0.493 e. The predicted octanol–water partition coefficient (Wildman–Crippen LogP) is 5.64. The summed E-state index contributed by atoms with van der Waals surface area (Å²) in [5.41, 5.74) is 3.40. The molecule has 1 aromatic heterocycles. The van der Waals surface area contributed by atoms with Crippen LogP contribution in [0.2, 0.25) is 0 Å². The summed E-state index contributed by atoms with van der Waals surface area (Å²) in [4.78, 5) is 33.2. The fourth-order valence-electron chi connectivity index (χ4n) is 5.16. The van der Waals surface area contributed by atoms with Crippen molar-refractivity contribution in [2.75, 3.05) is 27.9 Å². The first-order valence-corrected chi connectivity index (χ1v) is 14.7. The number of hydrogen-bond acceptors (Lipinski definition) is 6. The molecule has 0 aliphatic heterocycles. The van der Waals surface area contributed by atoms with Crippen molar-refractivity contribution < 1.29 is 23.8 Å². The second-order valence-corrected chi connectivity index (χ2v) is 10.7. The van der Waals surface area contributed by atoms with Gasteiger partial charge in [0.1, 0.15) is 12.4 Å². The molecule has 2 amide bonds. The highest BCUT2D eigenvalue weighted by atomic mass is 16.5. The molecule has 0 unspecified atom stereocenters. The number of aromatic nitrogens is 2. The third-order valence-corrected chi connectivity index (χ3v) is 7.46. The summed E-state index contributed by atoms with van der Waals surface area (Å²) >= 11 is 0. The van der Waals surface area contributed by atoms with Crippen molar-refractivity contribution in [2.45, 2.75) is 58.7 Å². The number of fused-ring (bicyclic) bond motifs is 1. The molecule has 0 saturated heterocycles. The van der Waals surface area contributed by atoms with Gasteiger partial charge in [0.15, 0.2) is 11.5 Å². The van der Waals surface area contributed by atoms with Gasteiger partial charge >= 0.3 is 0 Å². The Labute approximate surface area is 253 Å². The van der Waals surface area contributed by atoms with Crippen LogP contribution >= 0.6 is 0 Å². The number of unbranched alkanes of at least 4 members (excludes halogenated alkanes) is 2. The average Bonchev–Trinajstić information content (AvgIpc) is 3.37. The average molecular weight is 587 g/mol. The van der Waals surface area contributed by atoms with E-state index in [-0.39, 0.29) is 24.4 Å². The molecular formula is C34H42N4O5. The fourth-order valence-corrected chi connectivity index (χ4v) is 5.16. The number of ether oxygens (including phenoxy) is 3. The van der Waals surface area contributed by atoms with Gasteiger partial charge in [0.05, 0.1) is 32.4 Å². The molecule has 3 aromatic carbocycles. The topological polar surface area (TPSA) is 94.9 Å². The van der Waals surface area contributed by atoms with Gasteiger partial charge in [-0.05, 0) is 56.5 Å². The maximum Gasteiger partial charge on any atom is 0.251 e. The van der Waals surface area contributed by atoms with Crippen molar-refractivity contribution in [3.05, 3.63) is 83.7 Å². The highest BCUT2D eigenvalue weighted by Crippen LogP contribution is 2.38. The smallest absolute Gasteiger partial charge is 0.251 e. The monoisotopic (exact) mass is 586 g/mol. The van der Waals surface area contributed by atoms with Crippen LogP contribution in [-0.4, -0.2) is 60.2 Å². The number of nitrogens with zero attached hydrogens (tertiary/aromatic N) is 3. The molecule has 0 bridgehead atoms. The molecule has 0 spiro atoms. The van der Waals surface area contributed by atoms with Crippen LogP contribution in [0.3, 0.4) is 0 Å². The summed E-state index contributed by atoms with van der Waals surface area (Å²) in [6.45, 7) is 5.45. The van der Waals surface area contributed by atoms with Crippen LogP contribution in [0.15, 0.2) is 66.7 Å². The largest absolute Gasteiger partial charge is 0.493 e. The van der Waals surface area contributed by atoms with Crippen LogP contribution < -0.4 is 19.5 Å². The molecule has 4 aromatic rings. The van der Waals surface area contributed by atoms with E-state index in [0.29, 0.717) is 35.9 Å². The van der Waals surface area contributed by atoms with Crippen LogP contribution in [0.5, 0.6) is 17.2 Å². The maximum absolute atomic E-state index is 13.6. The molecule has 0 aliphatic carbocycles. The van der Waals surface area contributed by atoms with Gasteiger partial charge in [-0.1, -0.05) is 48.9 Å². The number of imidazole rings is 1. The van der Waals surface area contributed by atoms with E-state index >= 15 is 0 Å². The molecular weight excluding hydrogens is 544 g/mol.